The summed E-state index contributed by atoms with van der Waals surface area (Å²) in [6.45, 7) is 6.51. The second-order valence-corrected chi connectivity index (χ2v) is 9.42. The number of benzene rings is 1. The van der Waals surface area contributed by atoms with E-state index in [2.05, 4.69) is 0 Å². The second-order valence-electron chi connectivity index (χ2n) is 8.60. The molecule has 1 aromatic carbocycles. The van der Waals surface area contributed by atoms with Gasteiger partial charge in [-0.25, -0.2) is 4.79 Å². The summed E-state index contributed by atoms with van der Waals surface area (Å²) >= 11 is 12.4. The van der Waals surface area contributed by atoms with E-state index in [-0.39, 0.29) is 29.6 Å². The lowest BCUT2D eigenvalue weighted by Gasteiger charge is -2.41. The highest BCUT2D eigenvalue weighted by Crippen LogP contribution is 2.71. The van der Waals surface area contributed by atoms with Crippen LogP contribution in [0.4, 0.5) is 4.79 Å². The largest absolute Gasteiger partial charge is 0.444 e. The Morgan fingerprint density at radius 1 is 1.33 bits per heavy atom. The SMILES string of the molecule is COC(CO)C12CN(C(=O)OC(C)(C)C)CCC1(c1ccc(Cl)c(Cl)c1)C2. The van der Waals surface area contributed by atoms with E-state index in [1.807, 2.05) is 32.9 Å². The fraction of sp³-hybridized carbons (Fsp3) is 0.650. The van der Waals surface area contributed by atoms with Crippen LogP contribution < -0.4 is 0 Å². The Bertz CT molecular complexity index is 731. The summed E-state index contributed by atoms with van der Waals surface area (Å²) in [6.07, 6.45) is 0.863. The molecule has 0 radical (unpaired) electrons. The van der Waals surface area contributed by atoms with E-state index in [0.29, 0.717) is 23.1 Å². The van der Waals surface area contributed by atoms with Crippen molar-refractivity contribution in [3.63, 3.8) is 0 Å². The summed E-state index contributed by atoms with van der Waals surface area (Å²) in [4.78, 5) is 14.4. The van der Waals surface area contributed by atoms with Gasteiger partial charge in [0.1, 0.15) is 5.60 Å². The zero-order valence-electron chi connectivity index (χ0n) is 16.2. The van der Waals surface area contributed by atoms with Crippen LogP contribution in [0, 0.1) is 5.41 Å². The van der Waals surface area contributed by atoms with Crippen molar-refractivity contribution in [3.8, 4) is 0 Å². The first-order chi connectivity index (χ1) is 12.6. The van der Waals surface area contributed by atoms with Gasteiger partial charge < -0.3 is 19.5 Å². The maximum atomic E-state index is 12.6. The number of hydrogen-bond donors (Lipinski definition) is 1. The van der Waals surface area contributed by atoms with Crippen LogP contribution in [0.1, 0.15) is 39.2 Å². The summed E-state index contributed by atoms with van der Waals surface area (Å²) in [6, 6.07) is 5.69. The molecule has 1 heterocycles. The Balaban J connectivity index is 1.92. The molecule has 2 fully saturated rings. The zero-order valence-corrected chi connectivity index (χ0v) is 17.7. The normalized spacial score (nSPS) is 28.5. The van der Waals surface area contributed by atoms with Gasteiger partial charge in [0.15, 0.2) is 0 Å². The van der Waals surface area contributed by atoms with Gasteiger partial charge in [0.2, 0.25) is 0 Å². The fourth-order valence-electron chi connectivity index (χ4n) is 4.59. The van der Waals surface area contributed by atoms with E-state index in [0.717, 1.165) is 18.4 Å². The molecule has 1 N–H and O–H groups in total. The lowest BCUT2D eigenvalue weighted by Crippen LogP contribution is -2.51. The quantitative estimate of drug-likeness (QED) is 0.797. The maximum Gasteiger partial charge on any atom is 0.410 e. The summed E-state index contributed by atoms with van der Waals surface area (Å²) in [7, 11) is 1.60. The van der Waals surface area contributed by atoms with Gasteiger partial charge in [-0.1, -0.05) is 29.3 Å². The Morgan fingerprint density at radius 3 is 2.59 bits per heavy atom. The van der Waals surface area contributed by atoms with Crippen LogP contribution in [0.15, 0.2) is 18.2 Å². The highest BCUT2D eigenvalue weighted by atomic mass is 35.5. The number of carbonyl (C=O) groups excluding carboxylic acids is 1. The molecule has 3 atom stereocenters. The van der Waals surface area contributed by atoms with E-state index < -0.39 is 5.60 Å². The third kappa shape index (κ3) is 3.55. The Hall–Kier alpha value is -1.01. The number of rotatable bonds is 4. The smallest absolute Gasteiger partial charge is 0.410 e. The molecule has 1 saturated heterocycles. The summed E-state index contributed by atoms with van der Waals surface area (Å²) in [5.41, 5.74) is -0.0356. The predicted octanol–water partition coefficient (Wildman–Crippen LogP) is 4.27. The average Bonchev–Trinajstić information content (AvgIpc) is 3.27. The molecule has 1 saturated carbocycles. The number of piperidine rings is 1. The summed E-state index contributed by atoms with van der Waals surface area (Å²) in [5.74, 6) is 0. The molecule has 5 nitrogen and oxygen atoms in total. The minimum absolute atomic E-state index is 0.109. The molecule has 0 aromatic heterocycles. The van der Waals surface area contributed by atoms with Crippen molar-refractivity contribution in [2.45, 2.75) is 50.7 Å². The highest BCUT2D eigenvalue weighted by Gasteiger charge is 2.73. The molecule has 150 valence electrons. The maximum absolute atomic E-state index is 12.6. The van der Waals surface area contributed by atoms with Crippen LogP contribution in [0.25, 0.3) is 0 Å². The standard InChI is InChI=1S/C20H27Cl2NO4/c1-18(2,3)27-17(25)23-8-7-19(13-5-6-14(21)15(22)9-13)11-20(19,12-23)16(10-24)26-4/h5-6,9,16,24H,7-8,10-12H2,1-4H3. The number of methoxy groups -OCH3 is 1. The number of aliphatic hydroxyl groups is 1. The number of ether oxygens (including phenoxy) is 2. The molecule has 3 rings (SSSR count). The van der Waals surface area contributed by atoms with Crippen molar-refractivity contribution >= 4 is 29.3 Å². The minimum atomic E-state index is -0.552. The van der Waals surface area contributed by atoms with E-state index >= 15 is 0 Å². The molecule has 1 aliphatic carbocycles. The molecule has 0 spiro atoms. The molecule has 1 aliphatic heterocycles. The summed E-state index contributed by atoms with van der Waals surface area (Å²) in [5, 5.41) is 11.0. The molecule has 27 heavy (non-hydrogen) atoms. The van der Waals surface area contributed by atoms with Gasteiger partial charge in [-0.2, -0.15) is 0 Å². The van der Waals surface area contributed by atoms with E-state index in [9.17, 15) is 9.90 Å². The van der Waals surface area contributed by atoms with E-state index in [4.69, 9.17) is 32.7 Å². The number of carbonyl (C=O) groups is 1. The summed E-state index contributed by atoms with van der Waals surface area (Å²) < 4.78 is 11.2. The van der Waals surface area contributed by atoms with Crippen LogP contribution in [-0.2, 0) is 14.9 Å². The first-order valence-corrected chi connectivity index (χ1v) is 9.91. The van der Waals surface area contributed by atoms with Gasteiger partial charge >= 0.3 is 6.09 Å². The third-order valence-electron chi connectivity index (χ3n) is 5.92. The van der Waals surface area contributed by atoms with Crippen LogP contribution in [0.5, 0.6) is 0 Å². The molecule has 1 aromatic rings. The second kappa shape index (κ2) is 7.11. The number of fused-ring (bicyclic) bond motifs is 1. The number of nitrogens with zero attached hydrogens (tertiary/aromatic N) is 1. The van der Waals surface area contributed by atoms with E-state index in [1.54, 1.807) is 18.1 Å². The lowest BCUT2D eigenvalue weighted by atomic mass is 9.77. The van der Waals surface area contributed by atoms with Crippen LogP contribution >= 0.6 is 23.2 Å². The van der Waals surface area contributed by atoms with Crippen molar-refractivity contribution in [2.24, 2.45) is 5.41 Å². The molecular weight excluding hydrogens is 389 g/mol. The number of amides is 1. The molecule has 1 amide bonds. The zero-order chi connectivity index (χ0) is 20.0. The van der Waals surface area contributed by atoms with Gasteiger partial charge in [-0.15, -0.1) is 0 Å². The topological polar surface area (TPSA) is 59.0 Å². The molecule has 3 unspecified atom stereocenters. The van der Waals surface area contributed by atoms with Crippen molar-refractivity contribution in [3.05, 3.63) is 33.8 Å². The number of aliphatic hydroxyl groups excluding tert-OH is 1. The molecule has 0 bridgehead atoms. The molecule has 7 heteroatoms. The average molecular weight is 416 g/mol. The van der Waals surface area contributed by atoms with Crippen molar-refractivity contribution in [1.82, 2.24) is 4.90 Å². The minimum Gasteiger partial charge on any atom is -0.444 e. The van der Waals surface area contributed by atoms with Gasteiger partial charge in [0.25, 0.3) is 0 Å². The van der Waals surface area contributed by atoms with Gasteiger partial charge in [-0.3, -0.25) is 0 Å². The predicted molar refractivity (Wildman–Crippen MR) is 105 cm³/mol. The van der Waals surface area contributed by atoms with Crippen LogP contribution in [0.2, 0.25) is 10.0 Å². The Morgan fingerprint density at radius 2 is 2.04 bits per heavy atom. The number of likely N-dealkylation sites (tertiary alicyclic amines) is 1. The van der Waals surface area contributed by atoms with Gasteiger partial charge in [-0.05, 0) is 51.3 Å². The highest BCUT2D eigenvalue weighted by molar-refractivity contribution is 6.42. The fourth-order valence-corrected chi connectivity index (χ4v) is 4.89. The monoisotopic (exact) mass is 415 g/mol. The first-order valence-electron chi connectivity index (χ1n) is 9.16. The number of hydrogen-bond acceptors (Lipinski definition) is 4. The molecular formula is C20H27Cl2NO4. The number of halogens is 2. The van der Waals surface area contributed by atoms with Crippen LogP contribution in [0.3, 0.4) is 0 Å². The van der Waals surface area contributed by atoms with E-state index in [1.165, 1.54) is 0 Å². The van der Waals surface area contributed by atoms with Crippen molar-refractivity contribution in [1.29, 1.82) is 0 Å². The van der Waals surface area contributed by atoms with Crippen molar-refractivity contribution < 1.29 is 19.4 Å². The molecule has 2 aliphatic rings. The van der Waals surface area contributed by atoms with Gasteiger partial charge in [0.05, 0.1) is 22.8 Å². The Kier molecular flexibility index (Phi) is 5.45. The van der Waals surface area contributed by atoms with Crippen LogP contribution in [-0.4, -0.2) is 54.6 Å². The van der Waals surface area contributed by atoms with Gasteiger partial charge in [0, 0.05) is 31.0 Å². The third-order valence-corrected chi connectivity index (χ3v) is 6.66. The van der Waals surface area contributed by atoms with Crippen molar-refractivity contribution in [2.75, 3.05) is 26.8 Å². The lowest BCUT2D eigenvalue weighted by molar-refractivity contribution is -0.0424. The Labute approximate surface area is 170 Å². The first kappa shape index (κ1) is 20.7.